The summed E-state index contributed by atoms with van der Waals surface area (Å²) in [6.45, 7) is 5.92. The highest BCUT2D eigenvalue weighted by atomic mass is 19.3. The van der Waals surface area contributed by atoms with E-state index >= 15 is 0 Å². The van der Waals surface area contributed by atoms with E-state index in [1.54, 1.807) is 46.1 Å². The van der Waals surface area contributed by atoms with Crippen molar-refractivity contribution in [1.29, 1.82) is 0 Å². The van der Waals surface area contributed by atoms with Crippen molar-refractivity contribution in [3.05, 3.63) is 76.6 Å². The first-order valence-corrected chi connectivity index (χ1v) is 13.9. The quantitative estimate of drug-likeness (QED) is 0.384. The molecule has 2 heterocycles. The van der Waals surface area contributed by atoms with Crippen LogP contribution in [0, 0.1) is 0 Å². The van der Waals surface area contributed by atoms with Gasteiger partial charge < -0.3 is 29.2 Å². The number of hydrogen-bond donors (Lipinski definition) is 1. The van der Waals surface area contributed by atoms with Gasteiger partial charge in [-0.2, -0.15) is 8.78 Å². The molecule has 0 bridgehead atoms. The number of benzene rings is 2. The molecule has 0 spiro atoms. The number of carbonyl (C=O) groups is 2. The summed E-state index contributed by atoms with van der Waals surface area (Å²) < 4.78 is 47.6. The Hall–Kier alpha value is -4.12. The minimum Gasteiger partial charge on any atom is -0.497 e. The topological polar surface area (TPSA) is 89.6 Å². The van der Waals surface area contributed by atoms with Gasteiger partial charge in [-0.3, -0.25) is 4.90 Å². The van der Waals surface area contributed by atoms with E-state index in [-0.39, 0.29) is 35.7 Å². The normalized spacial score (nSPS) is 17.7. The SMILES string of the molecule is CCOC(=O)C1=C(C)NC(C)=C(C(=O)OCCN2CCN(c3ccc(OC)cc3)CC2)C1c1ccccc1OC(F)F. The number of carbonyl (C=O) groups excluding carboxylic acids is 2. The van der Waals surface area contributed by atoms with Gasteiger partial charge in [-0.25, -0.2) is 9.59 Å². The van der Waals surface area contributed by atoms with Crippen molar-refractivity contribution in [3.8, 4) is 11.5 Å². The maximum atomic E-state index is 13.6. The maximum Gasteiger partial charge on any atom is 0.387 e. The van der Waals surface area contributed by atoms with Crippen LogP contribution in [0.4, 0.5) is 14.5 Å². The third-order valence-electron chi connectivity index (χ3n) is 7.37. The predicted octanol–water partition coefficient (Wildman–Crippen LogP) is 4.46. The number of allylic oxidation sites excluding steroid dienone is 2. The molecule has 1 fully saturated rings. The number of halogens is 2. The largest absolute Gasteiger partial charge is 0.497 e. The Labute approximate surface area is 244 Å². The van der Waals surface area contributed by atoms with Gasteiger partial charge in [0, 0.05) is 55.4 Å². The fraction of sp³-hybridized carbons (Fsp3) is 0.419. The first kappa shape index (κ1) is 30.8. The molecule has 4 rings (SSSR count). The number of ether oxygens (including phenoxy) is 4. The summed E-state index contributed by atoms with van der Waals surface area (Å²) in [5, 5.41) is 3.07. The van der Waals surface area contributed by atoms with Crippen molar-refractivity contribution in [2.45, 2.75) is 33.3 Å². The first-order chi connectivity index (χ1) is 20.2. The molecule has 1 saturated heterocycles. The van der Waals surface area contributed by atoms with Crippen molar-refractivity contribution in [2.24, 2.45) is 0 Å². The van der Waals surface area contributed by atoms with E-state index in [9.17, 15) is 18.4 Å². The van der Waals surface area contributed by atoms with Gasteiger partial charge in [-0.05, 0) is 51.1 Å². The molecule has 0 amide bonds. The van der Waals surface area contributed by atoms with Crippen LogP contribution >= 0.6 is 0 Å². The van der Waals surface area contributed by atoms with Crippen molar-refractivity contribution < 1.29 is 37.3 Å². The number of rotatable bonds is 11. The number of para-hydroxylation sites is 1. The van der Waals surface area contributed by atoms with Gasteiger partial charge in [0.25, 0.3) is 0 Å². The van der Waals surface area contributed by atoms with E-state index in [4.69, 9.17) is 18.9 Å². The van der Waals surface area contributed by atoms with E-state index in [0.29, 0.717) is 17.9 Å². The molecule has 1 atom stereocenters. The van der Waals surface area contributed by atoms with Gasteiger partial charge in [0.05, 0.1) is 30.8 Å². The van der Waals surface area contributed by atoms with Crippen LogP contribution < -0.4 is 19.7 Å². The summed E-state index contributed by atoms with van der Waals surface area (Å²) in [5.41, 5.74) is 2.54. The second-order valence-corrected chi connectivity index (χ2v) is 9.93. The summed E-state index contributed by atoms with van der Waals surface area (Å²) >= 11 is 0. The van der Waals surface area contributed by atoms with E-state index in [2.05, 4.69) is 15.1 Å². The Kier molecular flexibility index (Phi) is 10.4. The number of methoxy groups -OCH3 is 1. The molecule has 11 heteroatoms. The Bertz CT molecular complexity index is 1320. The highest BCUT2D eigenvalue weighted by Gasteiger charge is 2.39. The zero-order valence-corrected chi connectivity index (χ0v) is 24.3. The smallest absolute Gasteiger partial charge is 0.387 e. The molecule has 9 nitrogen and oxygen atoms in total. The molecule has 0 aromatic heterocycles. The number of nitrogens with zero attached hydrogens (tertiary/aromatic N) is 2. The molecular formula is C31H37F2N3O6. The van der Waals surface area contributed by atoms with Gasteiger partial charge in [0.2, 0.25) is 0 Å². The number of anilines is 1. The van der Waals surface area contributed by atoms with E-state index in [1.165, 1.54) is 6.07 Å². The second kappa shape index (κ2) is 14.2. The number of piperazine rings is 1. The van der Waals surface area contributed by atoms with Gasteiger partial charge in [-0.1, -0.05) is 18.2 Å². The van der Waals surface area contributed by atoms with Crippen molar-refractivity contribution in [1.82, 2.24) is 10.2 Å². The number of nitrogens with one attached hydrogen (secondary N) is 1. The van der Waals surface area contributed by atoms with Crippen LogP contribution in [-0.4, -0.2) is 76.5 Å². The van der Waals surface area contributed by atoms with Crippen LogP contribution in [0.25, 0.3) is 0 Å². The minimum atomic E-state index is -3.09. The molecule has 0 radical (unpaired) electrons. The van der Waals surface area contributed by atoms with Crippen LogP contribution in [0.5, 0.6) is 11.5 Å². The summed E-state index contributed by atoms with van der Waals surface area (Å²) in [6.07, 6.45) is 0. The van der Waals surface area contributed by atoms with E-state index in [0.717, 1.165) is 37.6 Å². The Morgan fingerprint density at radius 3 is 2.14 bits per heavy atom. The van der Waals surface area contributed by atoms with Gasteiger partial charge in [0.15, 0.2) is 0 Å². The van der Waals surface area contributed by atoms with E-state index in [1.807, 2.05) is 24.3 Å². The lowest BCUT2D eigenvalue weighted by molar-refractivity contribution is -0.140. The summed E-state index contributed by atoms with van der Waals surface area (Å²) in [5.74, 6) is -1.66. The monoisotopic (exact) mass is 585 g/mol. The second-order valence-electron chi connectivity index (χ2n) is 9.93. The average molecular weight is 586 g/mol. The molecule has 1 N–H and O–H groups in total. The standard InChI is InChI=1S/C31H37F2N3O6/c1-5-40-29(37)26-20(2)34-21(3)27(28(26)24-8-6-7-9-25(24)42-31(32)33)30(38)41-19-18-35-14-16-36(17-15-35)22-10-12-23(39-4)13-11-22/h6-13,28,31,34H,5,14-19H2,1-4H3. The van der Waals surface area contributed by atoms with Crippen molar-refractivity contribution in [3.63, 3.8) is 0 Å². The number of dihydropyridines is 1. The third kappa shape index (κ3) is 7.20. The average Bonchev–Trinajstić information content (AvgIpc) is 2.97. The third-order valence-corrected chi connectivity index (χ3v) is 7.37. The lowest BCUT2D eigenvalue weighted by atomic mass is 9.80. The van der Waals surface area contributed by atoms with E-state index < -0.39 is 24.5 Å². The lowest BCUT2D eigenvalue weighted by Crippen LogP contribution is -2.47. The number of alkyl halides is 2. The summed E-state index contributed by atoms with van der Waals surface area (Å²) in [7, 11) is 1.64. The Morgan fingerprint density at radius 1 is 0.929 bits per heavy atom. The van der Waals surface area contributed by atoms with Crippen LogP contribution in [-0.2, 0) is 19.1 Å². The van der Waals surface area contributed by atoms with Crippen molar-refractivity contribution in [2.75, 3.05) is 57.9 Å². The molecule has 42 heavy (non-hydrogen) atoms. The van der Waals surface area contributed by atoms with Crippen LogP contribution in [0.1, 0.15) is 32.3 Å². The molecule has 2 aliphatic rings. The highest BCUT2D eigenvalue weighted by Crippen LogP contribution is 2.43. The first-order valence-electron chi connectivity index (χ1n) is 13.9. The molecule has 2 aromatic rings. The molecule has 226 valence electrons. The predicted molar refractivity (Wildman–Crippen MR) is 154 cm³/mol. The zero-order valence-electron chi connectivity index (χ0n) is 24.3. The fourth-order valence-electron chi connectivity index (χ4n) is 5.35. The lowest BCUT2D eigenvalue weighted by Gasteiger charge is -2.36. The molecule has 2 aliphatic heterocycles. The Morgan fingerprint density at radius 2 is 1.55 bits per heavy atom. The van der Waals surface area contributed by atoms with Crippen LogP contribution in [0.15, 0.2) is 71.1 Å². The minimum absolute atomic E-state index is 0.103. The molecule has 1 unspecified atom stereocenters. The summed E-state index contributed by atoms with van der Waals surface area (Å²) in [6, 6.07) is 14.1. The highest BCUT2D eigenvalue weighted by molar-refractivity contribution is 6.00. The Balaban J connectivity index is 1.46. The van der Waals surface area contributed by atoms with Crippen LogP contribution in [0.3, 0.4) is 0 Å². The van der Waals surface area contributed by atoms with Gasteiger partial charge in [-0.15, -0.1) is 0 Å². The molecule has 2 aromatic carbocycles. The van der Waals surface area contributed by atoms with Gasteiger partial charge >= 0.3 is 18.6 Å². The van der Waals surface area contributed by atoms with Crippen molar-refractivity contribution >= 4 is 17.6 Å². The molecule has 0 aliphatic carbocycles. The number of hydrogen-bond acceptors (Lipinski definition) is 9. The fourth-order valence-corrected chi connectivity index (χ4v) is 5.35. The maximum absolute atomic E-state index is 13.6. The van der Waals surface area contributed by atoms with Crippen LogP contribution in [0.2, 0.25) is 0 Å². The molecular weight excluding hydrogens is 548 g/mol. The van der Waals surface area contributed by atoms with Gasteiger partial charge in [0.1, 0.15) is 18.1 Å². The zero-order chi connectivity index (χ0) is 30.2. The number of esters is 2. The summed E-state index contributed by atoms with van der Waals surface area (Å²) in [4.78, 5) is 31.2. The molecule has 0 saturated carbocycles.